The van der Waals surface area contributed by atoms with E-state index in [1.54, 1.807) is 43.3 Å². The third kappa shape index (κ3) is 6.78. The number of nitrogens with two attached hydrogens (primary N) is 1. The number of carbonyl (C=O) groups is 2. The van der Waals surface area contributed by atoms with Gasteiger partial charge in [-0.05, 0) is 61.0 Å². The molecule has 0 spiro atoms. The molecule has 8 heteroatoms. The molecule has 0 unspecified atom stereocenters. The molecule has 6 nitrogen and oxygen atoms in total. The highest BCUT2D eigenvalue weighted by molar-refractivity contribution is 8.00. The van der Waals surface area contributed by atoms with Crippen LogP contribution in [-0.2, 0) is 9.59 Å². The van der Waals surface area contributed by atoms with Gasteiger partial charge in [0.2, 0.25) is 0 Å². The van der Waals surface area contributed by atoms with Crippen molar-refractivity contribution in [3.63, 3.8) is 0 Å². The summed E-state index contributed by atoms with van der Waals surface area (Å²) >= 11 is 7.26. The van der Waals surface area contributed by atoms with Crippen molar-refractivity contribution in [3.8, 4) is 5.75 Å². The van der Waals surface area contributed by atoms with Crippen LogP contribution in [0.15, 0.2) is 58.5 Å². The number of thioether (sulfide) groups is 1. The van der Waals surface area contributed by atoms with Crippen molar-refractivity contribution in [2.75, 3.05) is 6.61 Å². The van der Waals surface area contributed by atoms with E-state index in [-0.39, 0.29) is 17.8 Å². The average molecular weight is 392 g/mol. The van der Waals surface area contributed by atoms with Crippen LogP contribution in [0.4, 0.5) is 0 Å². The van der Waals surface area contributed by atoms with Crippen molar-refractivity contribution in [3.05, 3.63) is 59.1 Å². The fourth-order valence-electron chi connectivity index (χ4n) is 1.84. The number of benzene rings is 2. The summed E-state index contributed by atoms with van der Waals surface area (Å²) in [6.07, 6.45) is 1.52. The SMILES string of the molecule is C[C@H](Sc1ccc(Cl)cc1)C(=O)N/N=C\c1ccc(OCC(N)=O)cc1. The van der Waals surface area contributed by atoms with E-state index in [0.29, 0.717) is 10.8 Å². The van der Waals surface area contributed by atoms with E-state index in [9.17, 15) is 9.59 Å². The van der Waals surface area contributed by atoms with E-state index in [0.717, 1.165) is 10.5 Å². The molecule has 2 aromatic rings. The molecule has 0 fully saturated rings. The van der Waals surface area contributed by atoms with Gasteiger partial charge >= 0.3 is 0 Å². The minimum Gasteiger partial charge on any atom is -0.484 e. The average Bonchev–Trinajstić information content (AvgIpc) is 2.62. The van der Waals surface area contributed by atoms with Gasteiger partial charge in [-0.1, -0.05) is 11.6 Å². The summed E-state index contributed by atoms with van der Waals surface area (Å²) in [5.74, 6) is -0.218. The molecule has 136 valence electrons. The Balaban J connectivity index is 1.81. The number of nitrogens with zero attached hydrogens (tertiary/aromatic N) is 1. The van der Waals surface area contributed by atoms with E-state index in [2.05, 4.69) is 10.5 Å². The van der Waals surface area contributed by atoms with Gasteiger partial charge in [0, 0.05) is 9.92 Å². The second-order valence-corrected chi connectivity index (χ2v) is 7.12. The standard InChI is InChI=1S/C18H18ClN3O3S/c1-12(26-16-8-4-14(19)5-9-16)18(24)22-21-10-13-2-6-15(7-3-13)25-11-17(20)23/h2-10,12H,11H2,1H3,(H2,20,23)(H,22,24)/b21-10-/t12-/m0/s1. The molecule has 0 heterocycles. The maximum atomic E-state index is 12.1. The number of ether oxygens (including phenoxy) is 1. The van der Waals surface area contributed by atoms with Crippen LogP contribution in [0.2, 0.25) is 5.02 Å². The van der Waals surface area contributed by atoms with Crippen LogP contribution in [-0.4, -0.2) is 29.9 Å². The van der Waals surface area contributed by atoms with Gasteiger partial charge in [0.25, 0.3) is 11.8 Å². The minimum absolute atomic E-state index is 0.174. The molecule has 0 saturated heterocycles. The van der Waals surface area contributed by atoms with Crippen LogP contribution in [0, 0.1) is 0 Å². The Bertz CT molecular complexity index is 779. The molecule has 0 bridgehead atoms. The molecule has 2 aromatic carbocycles. The predicted octanol–water partition coefficient (Wildman–Crippen LogP) is 2.83. The third-order valence-corrected chi connectivity index (χ3v) is 4.51. The van der Waals surface area contributed by atoms with Crippen LogP contribution in [0.1, 0.15) is 12.5 Å². The molecule has 0 aliphatic rings. The normalized spacial score (nSPS) is 11.9. The fraction of sp³-hybridized carbons (Fsp3) is 0.167. The lowest BCUT2D eigenvalue weighted by atomic mass is 10.2. The summed E-state index contributed by atoms with van der Waals surface area (Å²) < 4.78 is 5.16. The number of hydrogen-bond donors (Lipinski definition) is 2. The number of primary amides is 1. The van der Waals surface area contributed by atoms with Gasteiger partial charge < -0.3 is 10.5 Å². The quantitative estimate of drug-likeness (QED) is 0.411. The summed E-state index contributed by atoms with van der Waals surface area (Å²) in [5.41, 5.74) is 8.29. The molecule has 2 rings (SSSR count). The fourth-order valence-corrected chi connectivity index (χ4v) is 2.82. The second-order valence-electron chi connectivity index (χ2n) is 5.27. The van der Waals surface area contributed by atoms with E-state index in [4.69, 9.17) is 22.1 Å². The monoisotopic (exact) mass is 391 g/mol. The number of hydrogen-bond acceptors (Lipinski definition) is 5. The first-order valence-corrected chi connectivity index (χ1v) is 8.96. The second kappa shape index (κ2) is 9.84. The Labute approximate surface area is 160 Å². The van der Waals surface area contributed by atoms with Crippen LogP contribution in [0.3, 0.4) is 0 Å². The van der Waals surface area contributed by atoms with Crippen molar-refractivity contribution in [2.24, 2.45) is 10.8 Å². The lowest BCUT2D eigenvalue weighted by Gasteiger charge is -2.09. The number of nitrogens with one attached hydrogen (secondary N) is 1. The first kappa shape index (κ1) is 19.8. The van der Waals surface area contributed by atoms with Gasteiger partial charge in [0.1, 0.15) is 5.75 Å². The molecule has 3 N–H and O–H groups in total. The zero-order valence-electron chi connectivity index (χ0n) is 14.0. The molecule has 0 aliphatic carbocycles. The highest BCUT2D eigenvalue weighted by atomic mass is 35.5. The van der Waals surface area contributed by atoms with E-state index < -0.39 is 5.91 Å². The first-order valence-electron chi connectivity index (χ1n) is 7.70. The Morgan fingerprint density at radius 2 is 1.88 bits per heavy atom. The smallest absolute Gasteiger partial charge is 0.255 e. The predicted molar refractivity (Wildman–Crippen MR) is 104 cm³/mol. The molecular formula is C18H18ClN3O3S. The Morgan fingerprint density at radius 3 is 2.50 bits per heavy atom. The van der Waals surface area contributed by atoms with Crippen LogP contribution in [0.25, 0.3) is 0 Å². The number of hydrazone groups is 1. The molecule has 0 radical (unpaired) electrons. The van der Waals surface area contributed by atoms with Crippen LogP contribution < -0.4 is 15.9 Å². The molecule has 0 saturated carbocycles. The van der Waals surface area contributed by atoms with Gasteiger partial charge in [-0.15, -0.1) is 11.8 Å². The van der Waals surface area contributed by atoms with Crippen molar-refractivity contribution >= 4 is 41.4 Å². The number of amides is 2. The lowest BCUT2D eigenvalue weighted by molar-refractivity contribution is -0.120. The molecule has 2 amide bonds. The van der Waals surface area contributed by atoms with Gasteiger partial charge in [-0.25, -0.2) is 5.43 Å². The summed E-state index contributed by atoms with van der Waals surface area (Å²) in [4.78, 5) is 23.7. The molecule has 26 heavy (non-hydrogen) atoms. The summed E-state index contributed by atoms with van der Waals surface area (Å²) in [5, 5.41) is 4.30. The number of halogens is 1. The minimum atomic E-state index is -0.538. The van der Waals surface area contributed by atoms with Crippen molar-refractivity contribution in [1.29, 1.82) is 0 Å². The van der Waals surface area contributed by atoms with E-state index >= 15 is 0 Å². The Kier molecular flexibility index (Phi) is 7.50. The Morgan fingerprint density at radius 1 is 1.23 bits per heavy atom. The zero-order valence-corrected chi connectivity index (χ0v) is 15.6. The molecule has 0 aliphatic heterocycles. The highest BCUT2D eigenvalue weighted by Gasteiger charge is 2.13. The zero-order chi connectivity index (χ0) is 18.9. The Hall–Kier alpha value is -2.51. The van der Waals surface area contributed by atoms with Crippen LogP contribution in [0.5, 0.6) is 5.75 Å². The van der Waals surface area contributed by atoms with Crippen molar-refractivity contribution < 1.29 is 14.3 Å². The van der Waals surface area contributed by atoms with Crippen LogP contribution >= 0.6 is 23.4 Å². The third-order valence-electron chi connectivity index (χ3n) is 3.15. The van der Waals surface area contributed by atoms with Gasteiger partial charge in [-0.2, -0.15) is 5.10 Å². The maximum absolute atomic E-state index is 12.1. The molecule has 1 atom stereocenters. The largest absolute Gasteiger partial charge is 0.484 e. The van der Waals surface area contributed by atoms with Gasteiger partial charge in [-0.3, -0.25) is 9.59 Å². The number of carbonyl (C=O) groups excluding carboxylic acids is 2. The lowest BCUT2D eigenvalue weighted by Crippen LogP contribution is -2.26. The van der Waals surface area contributed by atoms with Gasteiger partial charge in [0.15, 0.2) is 6.61 Å². The van der Waals surface area contributed by atoms with Crippen molar-refractivity contribution in [2.45, 2.75) is 17.1 Å². The summed E-state index contributed by atoms with van der Waals surface area (Å²) in [7, 11) is 0. The van der Waals surface area contributed by atoms with Crippen molar-refractivity contribution in [1.82, 2.24) is 5.43 Å². The topological polar surface area (TPSA) is 93.8 Å². The highest BCUT2D eigenvalue weighted by Crippen LogP contribution is 2.24. The summed E-state index contributed by atoms with van der Waals surface area (Å²) in [6, 6.07) is 14.2. The van der Waals surface area contributed by atoms with E-state index in [1.807, 2.05) is 12.1 Å². The molecule has 0 aromatic heterocycles. The summed E-state index contributed by atoms with van der Waals surface area (Å²) in [6.45, 7) is 1.63. The number of rotatable bonds is 8. The van der Waals surface area contributed by atoms with Gasteiger partial charge in [0.05, 0.1) is 11.5 Å². The van der Waals surface area contributed by atoms with E-state index in [1.165, 1.54) is 18.0 Å². The molecular weight excluding hydrogens is 374 g/mol. The maximum Gasteiger partial charge on any atom is 0.255 e. The first-order chi connectivity index (χ1) is 12.4.